The van der Waals surface area contributed by atoms with E-state index in [1.807, 2.05) is 20.8 Å². The molecule has 0 bridgehead atoms. The number of nitrogens with zero attached hydrogens (tertiary/aromatic N) is 2. The molecule has 1 aromatic carbocycles. The standard InChI is InChI=1S/C22H32N4O/c1-16(22-17(2)24-25-18(22)3)23-21(27)15-20-10-13-26(14-11-20)12-9-19-7-5-4-6-8-19/h4-8,16,20H,9-15H2,1-3H3,(H,23,27)(H,24,25). The minimum Gasteiger partial charge on any atom is -0.349 e. The number of rotatable bonds is 7. The van der Waals surface area contributed by atoms with Crippen LogP contribution in [0.3, 0.4) is 0 Å². The molecule has 1 aliphatic heterocycles. The molecule has 0 aliphatic carbocycles. The number of H-pyrrole nitrogens is 1. The van der Waals surface area contributed by atoms with Crippen molar-refractivity contribution in [3.05, 3.63) is 52.8 Å². The lowest BCUT2D eigenvalue weighted by Crippen LogP contribution is -2.37. The molecule has 5 nitrogen and oxygen atoms in total. The van der Waals surface area contributed by atoms with Crippen molar-refractivity contribution in [3.63, 3.8) is 0 Å². The fraction of sp³-hybridized carbons (Fsp3) is 0.545. The van der Waals surface area contributed by atoms with Crippen LogP contribution >= 0.6 is 0 Å². The molecule has 1 atom stereocenters. The van der Waals surface area contributed by atoms with Crippen LogP contribution in [0.4, 0.5) is 0 Å². The first-order valence-corrected chi connectivity index (χ1v) is 10.1. The van der Waals surface area contributed by atoms with E-state index in [1.54, 1.807) is 0 Å². The Morgan fingerprint density at radius 3 is 2.59 bits per heavy atom. The smallest absolute Gasteiger partial charge is 0.220 e. The number of hydrogen-bond donors (Lipinski definition) is 2. The van der Waals surface area contributed by atoms with Gasteiger partial charge in [0.1, 0.15) is 0 Å². The number of carbonyl (C=O) groups excluding carboxylic acids is 1. The van der Waals surface area contributed by atoms with Crippen LogP contribution in [0.5, 0.6) is 0 Å². The average Bonchev–Trinajstić information content (AvgIpc) is 3.00. The average molecular weight is 369 g/mol. The summed E-state index contributed by atoms with van der Waals surface area (Å²) in [7, 11) is 0. The third-order valence-electron chi connectivity index (χ3n) is 5.74. The summed E-state index contributed by atoms with van der Waals surface area (Å²) in [6.45, 7) is 9.32. The highest BCUT2D eigenvalue weighted by atomic mass is 16.1. The number of aryl methyl sites for hydroxylation is 2. The molecular weight excluding hydrogens is 336 g/mol. The molecule has 27 heavy (non-hydrogen) atoms. The molecule has 2 N–H and O–H groups in total. The van der Waals surface area contributed by atoms with Gasteiger partial charge in [0.25, 0.3) is 0 Å². The number of likely N-dealkylation sites (tertiary alicyclic amines) is 1. The fourth-order valence-corrected chi connectivity index (χ4v) is 4.18. The zero-order valence-electron chi connectivity index (χ0n) is 16.8. The normalized spacial score (nSPS) is 17.0. The van der Waals surface area contributed by atoms with E-state index in [4.69, 9.17) is 0 Å². The van der Waals surface area contributed by atoms with Crippen LogP contribution in [-0.4, -0.2) is 40.6 Å². The van der Waals surface area contributed by atoms with Crippen molar-refractivity contribution < 1.29 is 4.79 Å². The Morgan fingerprint density at radius 1 is 1.26 bits per heavy atom. The van der Waals surface area contributed by atoms with Gasteiger partial charge in [-0.1, -0.05) is 30.3 Å². The Bertz CT molecular complexity index is 713. The second-order valence-corrected chi connectivity index (χ2v) is 7.86. The molecule has 0 radical (unpaired) electrons. The third-order valence-corrected chi connectivity index (χ3v) is 5.74. The number of amides is 1. The van der Waals surface area contributed by atoms with Gasteiger partial charge in [-0.2, -0.15) is 5.10 Å². The SMILES string of the molecule is Cc1n[nH]c(C)c1C(C)NC(=O)CC1CCN(CCc2ccccc2)CC1. The fourth-order valence-electron chi connectivity index (χ4n) is 4.18. The first kappa shape index (κ1) is 19.6. The Morgan fingerprint density at radius 2 is 1.96 bits per heavy atom. The maximum absolute atomic E-state index is 12.5. The van der Waals surface area contributed by atoms with E-state index in [0.717, 1.165) is 55.8 Å². The van der Waals surface area contributed by atoms with Crippen molar-refractivity contribution in [2.24, 2.45) is 5.92 Å². The minimum atomic E-state index is 0.00205. The Kier molecular flexibility index (Phi) is 6.67. The molecule has 3 rings (SSSR count). The van der Waals surface area contributed by atoms with Crippen LogP contribution < -0.4 is 5.32 Å². The Labute approximate surface area is 162 Å². The lowest BCUT2D eigenvalue weighted by molar-refractivity contribution is -0.123. The van der Waals surface area contributed by atoms with E-state index in [1.165, 1.54) is 5.56 Å². The summed E-state index contributed by atoms with van der Waals surface area (Å²) in [5.41, 5.74) is 4.51. The van der Waals surface area contributed by atoms with Gasteiger partial charge < -0.3 is 10.2 Å². The molecule has 2 aromatic rings. The van der Waals surface area contributed by atoms with Crippen molar-refractivity contribution >= 4 is 5.91 Å². The first-order valence-electron chi connectivity index (χ1n) is 10.1. The summed E-state index contributed by atoms with van der Waals surface area (Å²) in [5, 5.41) is 10.4. The molecule has 0 saturated carbocycles. The van der Waals surface area contributed by atoms with Gasteiger partial charge in [0, 0.05) is 24.2 Å². The zero-order valence-corrected chi connectivity index (χ0v) is 16.8. The van der Waals surface area contributed by atoms with Gasteiger partial charge >= 0.3 is 0 Å². The van der Waals surface area contributed by atoms with Gasteiger partial charge in [-0.3, -0.25) is 9.89 Å². The monoisotopic (exact) mass is 368 g/mol. The number of aromatic amines is 1. The molecule has 0 spiro atoms. The van der Waals surface area contributed by atoms with Crippen LogP contribution in [0.2, 0.25) is 0 Å². The van der Waals surface area contributed by atoms with Gasteiger partial charge in [-0.25, -0.2) is 0 Å². The summed E-state index contributed by atoms with van der Waals surface area (Å²) in [5.74, 6) is 0.655. The predicted octanol–water partition coefficient (Wildman–Crippen LogP) is 3.55. The largest absolute Gasteiger partial charge is 0.349 e. The molecule has 1 saturated heterocycles. The second kappa shape index (κ2) is 9.18. The lowest BCUT2D eigenvalue weighted by atomic mass is 9.92. The molecule has 2 heterocycles. The second-order valence-electron chi connectivity index (χ2n) is 7.86. The Balaban J connectivity index is 1.39. The summed E-state index contributed by atoms with van der Waals surface area (Å²) < 4.78 is 0. The van der Waals surface area contributed by atoms with E-state index >= 15 is 0 Å². The number of carbonyl (C=O) groups is 1. The van der Waals surface area contributed by atoms with Crippen molar-refractivity contribution in [2.75, 3.05) is 19.6 Å². The number of piperidine rings is 1. The van der Waals surface area contributed by atoms with Crippen LogP contribution in [-0.2, 0) is 11.2 Å². The van der Waals surface area contributed by atoms with Crippen LogP contribution in [0.15, 0.2) is 30.3 Å². The van der Waals surface area contributed by atoms with Gasteiger partial charge in [-0.05, 0) is 64.6 Å². The third kappa shape index (κ3) is 5.42. The summed E-state index contributed by atoms with van der Waals surface area (Å²) in [4.78, 5) is 15.0. The molecule has 146 valence electrons. The van der Waals surface area contributed by atoms with Crippen molar-refractivity contribution in [2.45, 2.75) is 52.5 Å². The van der Waals surface area contributed by atoms with Gasteiger partial charge in [0.2, 0.25) is 5.91 Å². The number of benzene rings is 1. The molecule has 1 aliphatic rings. The lowest BCUT2D eigenvalue weighted by Gasteiger charge is -2.32. The summed E-state index contributed by atoms with van der Waals surface area (Å²) >= 11 is 0. The molecule has 1 unspecified atom stereocenters. The van der Waals surface area contributed by atoms with E-state index in [9.17, 15) is 4.79 Å². The highest BCUT2D eigenvalue weighted by Gasteiger charge is 2.23. The first-order chi connectivity index (χ1) is 13.0. The predicted molar refractivity (Wildman–Crippen MR) is 109 cm³/mol. The number of nitrogens with one attached hydrogen (secondary N) is 2. The number of hydrogen-bond acceptors (Lipinski definition) is 3. The van der Waals surface area contributed by atoms with Crippen LogP contribution in [0, 0.1) is 19.8 Å². The van der Waals surface area contributed by atoms with Gasteiger partial charge in [0.05, 0.1) is 11.7 Å². The summed E-state index contributed by atoms with van der Waals surface area (Å²) in [6.07, 6.45) is 3.96. The topological polar surface area (TPSA) is 61.0 Å². The summed E-state index contributed by atoms with van der Waals surface area (Å²) in [6, 6.07) is 10.7. The van der Waals surface area contributed by atoms with Crippen LogP contribution in [0.1, 0.15) is 54.7 Å². The van der Waals surface area contributed by atoms with E-state index in [0.29, 0.717) is 12.3 Å². The Hall–Kier alpha value is -2.14. The molecule has 1 amide bonds. The van der Waals surface area contributed by atoms with Crippen molar-refractivity contribution in [3.8, 4) is 0 Å². The maximum Gasteiger partial charge on any atom is 0.220 e. The van der Waals surface area contributed by atoms with Crippen molar-refractivity contribution in [1.29, 1.82) is 0 Å². The minimum absolute atomic E-state index is 0.00205. The quantitative estimate of drug-likeness (QED) is 0.786. The zero-order chi connectivity index (χ0) is 19.2. The van der Waals surface area contributed by atoms with Gasteiger partial charge in [0.15, 0.2) is 0 Å². The van der Waals surface area contributed by atoms with Crippen molar-refractivity contribution in [1.82, 2.24) is 20.4 Å². The highest BCUT2D eigenvalue weighted by Crippen LogP contribution is 2.23. The van der Waals surface area contributed by atoms with E-state index < -0.39 is 0 Å². The molecular formula is C22H32N4O. The van der Waals surface area contributed by atoms with Crippen LogP contribution in [0.25, 0.3) is 0 Å². The number of aromatic nitrogens is 2. The van der Waals surface area contributed by atoms with E-state index in [2.05, 4.69) is 50.7 Å². The van der Waals surface area contributed by atoms with Gasteiger partial charge in [-0.15, -0.1) is 0 Å². The highest BCUT2D eigenvalue weighted by molar-refractivity contribution is 5.76. The molecule has 5 heteroatoms. The molecule has 1 fully saturated rings. The van der Waals surface area contributed by atoms with E-state index in [-0.39, 0.29) is 11.9 Å². The maximum atomic E-state index is 12.5. The molecule has 1 aromatic heterocycles.